The molecule has 0 fully saturated rings. The van der Waals surface area contributed by atoms with Crippen LogP contribution in [0.5, 0.6) is 0 Å². The molecule has 0 saturated carbocycles. The minimum absolute atomic E-state index is 0.178. The molecule has 0 amide bonds. The van der Waals surface area contributed by atoms with E-state index < -0.39 is 0 Å². The van der Waals surface area contributed by atoms with E-state index >= 15 is 0 Å². The third-order valence-corrected chi connectivity index (χ3v) is 2.39. The lowest BCUT2D eigenvalue weighted by Crippen LogP contribution is -1.81. The van der Waals surface area contributed by atoms with Gasteiger partial charge in [-0.05, 0) is 30.5 Å². The zero-order chi connectivity index (χ0) is 12.3. The Hall–Kier alpha value is -1.63. The van der Waals surface area contributed by atoms with Gasteiger partial charge < -0.3 is 0 Å². The van der Waals surface area contributed by atoms with Crippen molar-refractivity contribution >= 4 is 0 Å². The number of unbranched alkanes of at least 4 members (excludes halogenated alkanes) is 1. The van der Waals surface area contributed by atoms with Gasteiger partial charge in [0.1, 0.15) is 5.82 Å². The Labute approximate surface area is 103 Å². The summed E-state index contributed by atoms with van der Waals surface area (Å²) in [6.07, 6.45) is 3.83. The molecule has 2 aromatic carbocycles. The summed E-state index contributed by atoms with van der Waals surface area (Å²) in [7, 11) is 0. The second kappa shape index (κ2) is 8.51. The first-order valence-electron chi connectivity index (χ1n) is 6.07. The summed E-state index contributed by atoms with van der Waals surface area (Å²) in [6.45, 7) is 2.23. The molecule has 0 nitrogen and oxygen atoms in total. The number of benzene rings is 2. The van der Waals surface area contributed by atoms with Gasteiger partial charge in [0.25, 0.3) is 0 Å². The number of hydrogen-bond acceptors (Lipinski definition) is 0. The van der Waals surface area contributed by atoms with E-state index in [9.17, 15) is 4.39 Å². The van der Waals surface area contributed by atoms with Crippen molar-refractivity contribution in [2.45, 2.75) is 26.2 Å². The molecule has 0 spiro atoms. The summed E-state index contributed by atoms with van der Waals surface area (Å²) >= 11 is 0. The number of rotatable bonds is 3. The monoisotopic (exact) mass is 230 g/mol. The number of halogens is 1. The third-order valence-electron chi connectivity index (χ3n) is 2.39. The van der Waals surface area contributed by atoms with E-state index in [-0.39, 0.29) is 5.82 Å². The summed E-state index contributed by atoms with van der Waals surface area (Å²) in [5.74, 6) is -0.178. The zero-order valence-electron chi connectivity index (χ0n) is 10.3. The molecule has 0 radical (unpaired) electrons. The lowest BCUT2D eigenvalue weighted by Gasteiger charge is -1.96. The lowest BCUT2D eigenvalue weighted by molar-refractivity contribution is 0.628. The zero-order valence-corrected chi connectivity index (χ0v) is 10.3. The SMILES string of the molecule is CCCCc1ccccc1.Fc1ccccc1. The highest BCUT2D eigenvalue weighted by atomic mass is 19.1. The Kier molecular flexibility index (Phi) is 6.73. The van der Waals surface area contributed by atoms with E-state index in [4.69, 9.17) is 0 Å². The van der Waals surface area contributed by atoms with E-state index in [1.54, 1.807) is 18.2 Å². The fourth-order valence-corrected chi connectivity index (χ4v) is 1.44. The number of aryl methyl sites for hydroxylation is 1. The summed E-state index contributed by atoms with van der Waals surface area (Å²) < 4.78 is 11.9. The molecule has 2 aromatic rings. The standard InChI is InChI=1S/C10H14.C6H5F/c1-2-3-7-10-8-5-4-6-9-10;7-6-4-2-1-3-5-6/h4-6,8-9H,2-3,7H2,1H3;1-5H. The summed E-state index contributed by atoms with van der Waals surface area (Å²) in [6, 6.07) is 18.6. The maximum Gasteiger partial charge on any atom is 0.123 e. The van der Waals surface area contributed by atoms with Crippen molar-refractivity contribution < 1.29 is 4.39 Å². The Morgan fingerprint density at radius 2 is 1.35 bits per heavy atom. The first-order valence-corrected chi connectivity index (χ1v) is 6.07. The van der Waals surface area contributed by atoms with Crippen molar-refractivity contribution in [2.24, 2.45) is 0 Å². The van der Waals surface area contributed by atoms with Crippen LogP contribution in [-0.2, 0) is 6.42 Å². The lowest BCUT2D eigenvalue weighted by atomic mass is 10.1. The largest absolute Gasteiger partial charge is 0.207 e. The fourth-order valence-electron chi connectivity index (χ4n) is 1.44. The predicted octanol–water partition coefficient (Wildman–Crippen LogP) is 4.85. The van der Waals surface area contributed by atoms with Crippen LogP contribution in [0.1, 0.15) is 25.3 Å². The average molecular weight is 230 g/mol. The molecule has 0 unspecified atom stereocenters. The van der Waals surface area contributed by atoms with E-state index in [0.717, 1.165) is 0 Å². The van der Waals surface area contributed by atoms with Crippen molar-refractivity contribution in [3.8, 4) is 0 Å². The van der Waals surface area contributed by atoms with Crippen LogP contribution in [0.2, 0.25) is 0 Å². The second-order valence-electron chi connectivity index (χ2n) is 3.88. The molecular formula is C16H19F. The smallest absolute Gasteiger partial charge is 0.123 e. The molecule has 0 heterocycles. The third kappa shape index (κ3) is 6.52. The van der Waals surface area contributed by atoms with Gasteiger partial charge in [0.2, 0.25) is 0 Å². The van der Waals surface area contributed by atoms with E-state index in [0.29, 0.717) is 0 Å². The van der Waals surface area contributed by atoms with Crippen LogP contribution in [0.15, 0.2) is 60.7 Å². The van der Waals surface area contributed by atoms with Crippen molar-refractivity contribution in [3.63, 3.8) is 0 Å². The van der Waals surface area contributed by atoms with Gasteiger partial charge in [-0.2, -0.15) is 0 Å². The molecule has 0 aliphatic carbocycles. The minimum Gasteiger partial charge on any atom is -0.207 e. The molecule has 2 rings (SSSR count). The Bertz CT molecular complexity index is 381. The quantitative estimate of drug-likeness (QED) is 0.706. The predicted molar refractivity (Wildman–Crippen MR) is 71.5 cm³/mol. The van der Waals surface area contributed by atoms with E-state index in [1.165, 1.54) is 37.0 Å². The van der Waals surface area contributed by atoms with Crippen LogP contribution in [-0.4, -0.2) is 0 Å². The molecule has 0 aliphatic heterocycles. The van der Waals surface area contributed by atoms with Crippen LogP contribution < -0.4 is 0 Å². The van der Waals surface area contributed by atoms with E-state index in [1.807, 2.05) is 0 Å². The van der Waals surface area contributed by atoms with Crippen LogP contribution in [0.4, 0.5) is 4.39 Å². The Morgan fingerprint density at radius 3 is 1.76 bits per heavy atom. The Morgan fingerprint density at radius 1 is 0.824 bits per heavy atom. The van der Waals surface area contributed by atoms with Gasteiger partial charge in [-0.1, -0.05) is 61.9 Å². The molecule has 0 aromatic heterocycles. The van der Waals surface area contributed by atoms with Gasteiger partial charge in [0.15, 0.2) is 0 Å². The molecular weight excluding hydrogens is 211 g/mol. The van der Waals surface area contributed by atoms with Crippen LogP contribution >= 0.6 is 0 Å². The molecule has 17 heavy (non-hydrogen) atoms. The van der Waals surface area contributed by atoms with Crippen LogP contribution in [0.3, 0.4) is 0 Å². The van der Waals surface area contributed by atoms with E-state index in [2.05, 4.69) is 37.3 Å². The first kappa shape index (κ1) is 13.4. The highest BCUT2D eigenvalue weighted by Crippen LogP contribution is 2.03. The van der Waals surface area contributed by atoms with Crippen LogP contribution in [0, 0.1) is 5.82 Å². The van der Waals surface area contributed by atoms with Gasteiger partial charge in [-0.25, -0.2) is 4.39 Å². The van der Waals surface area contributed by atoms with Gasteiger partial charge >= 0.3 is 0 Å². The molecule has 0 atom stereocenters. The average Bonchev–Trinajstić information content (AvgIpc) is 2.39. The maximum absolute atomic E-state index is 11.9. The van der Waals surface area contributed by atoms with Gasteiger partial charge in [0.05, 0.1) is 0 Å². The van der Waals surface area contributed by atoms with Crippen molar-refractivity contribution in [1.82, 2.24) is 0 Å². The summed E-state index contributed by atoms with van der Waals surface area (Å²) in [5.41, 5.74) is 1.46. The minimum atomic E-state index is -0.178. The summed E-state index contributed by atoms with van der Waals surface area (Å²) in [5, 5.41) is 0. The Balaban J connectivity index is 0.000000181. The highest BCUT2D eigenvalue weighted by Gasteiger charge is 1.87. The first-order chi connectivity index (χ1) is 8.33. The van der Waals surface area contributed by atoms with Gasteiger partial charge in [0, 0.05) is 0 Å². The molecule has 1 heteroatoms. The topological polar surface area (TPSA) is 0 Å². The van der Waals surface area contributed by atoms with Crippen LogP contribution in [0.25, 0.3) is 0 Å². The van der Waals surface area contributed by atoms with Crippen molar-refractivity contribution in [1.29, 1.82) is 0 Å². The highest BCUT2D eigenvalue weighted by molar-refractivity contribution is 5.14. The van der Waals surface area contributed by atoms with Crippen molar-refractivity contribution in [3.05, 3.63) is 72.0 Å². The van der Waals surface area contributed by atoms with Gasteiger partial charge in [-0.3, -0.25) is 0 Å². The number of hydrogen-bond donors (Lipinski definition) is 0. The summed E-state index contributed by atoms with van der Waals surface area (Å²) in [4.78, 5) is 0. The normalized spacial score (nSPS) is 9.29. The molecule has 0 bridgehead atoms. The molecule has 0 N–H and O–H groups in total. The maximum atomic E-state index is 11.9. The van der Waals surface area contributed by atoms with Crippen molar-refractivity contribution in [2.75, 3.05) is 0 Å². The van der Waals surface area contributed by atoms with Gasteiger partial charge in [-0.15, -0.1) is 0 Å². The molecule has 0 saturated heterocycles. The molecule has 0 aliphatic rings. The molecule has 90 valence electrons. The second-order valence-corrected chi connectivity index (χ2v) is 3.88. The fraction of sp³-hybridized carbons (Fsp3) is 0.250.